The first-order valence-corrected chi connectivity index (χ1v) is 31.0. The van der Waals surface area contributed by atoms with E-state index < -0.39 is 82.2 Å². The Labute approximate surface area is 547 Å². The van der Waals surface area contributed by atoms with E-state index in [0.717, 1.165) is 34.2 Å². The van der Waals surface area contributed by atoms with Crippen LogP contribution in [0.4, 0.5) is 9.18 Å². The molecule has 11 rings (SSSR count). The second-order valence-corrected chi connectivity index (χ2v) is 25.1. The number of aliphatic carboxylic acids is 3. The molecule has 4 unspecified atom stereocenters. The van der Waals surface area contributed by atoms with Crippen LogP contribution >= 0.6 is 0 Å². The molecule has 2 fully saturated rings. The van der Waals surface area contributed by atoms with E-state index in [2.05, 4.69) is 46.3 Å². The lowest BCUT2D eigenvalue weighted by Gasteiger charge is -2.52. The lowest BCUT2D eigenvalue weighted by molar-refractivity contribution is -0.196. The van der Waals surface area contributed by atoms with Gasteiger partial charge in [0.25, 0.3) is 11.8 Å². The number of ether oxygens (including phenoxy) is 5. The lowest BCUT2D eigenvalue weighted by Crippen LogP contribution is -2.69. The number of halogens is 1. The summed E-state index contributed by atoms with van der Waals surface area (Å²) in [5.41, 5.74) is 2.06. The zero-order valence-corrected chi connectivity index (χ0v) is 53.5. The van der Waals surface area contributed by atoms with Crippen LogP contribution in [0.25, 0.3) is 56.8 Å². The van der Waals surface area contributed by atoms with Crippen molar-refractivity contribution in [2.45, 2.75) is 111 Å². The molecule has 0 saturated carbocycles. The van der Waals surface area contributed by atoms with E-state index in [1.165, 1.54) is 17.9 Å². The molecular formula is C72H73FN6O16. The van der Waals surface area contributed by atoms with Gasteiger partial charge in [-0.05, 0) is 111 Å². The maximum atomic E-state index is 15.0. The number of hydrogen-bond donors (Lipinski definition) is 3. The predicted octanol–water partition coefficient (Wildman–Crippen LogP) is 12.3. The number of carbonyl (C=O) groups excluding carboxylic acids is 3. The summed E-state index contributed by atoms with van der Waals surface area (Å²) < 4.78 is 52.6. The molecule has 0 spiro atoms. The molecule has 3 aliphatic heterocycles. The Morgan fingerprint density at radius 2 is 1.20 bits per heavy atom. The van der Waals surface area contributed by atoms with Crippen molar-refractivity contribution >= 4 is 35.8 Å². The van der Waals surface area contributed by atoms with E-state index in [9.17, 15) is 44.1 Å². The van der Waals surface area contributed by atoms with Gasteiger partial charge < -0.3 is 48.1 Å². The molecule has 2 saturated heterocycles. The van der Waals surface area contributed by atoms with Crippen molar-refractivity contribution in [1.29, 1.82) is 0 Å². The van der Waals surface area contributed by atoms with Crippen LogP contribution in [0, 0.1) is 28.5 Å². The van der Waals surface area contributed by atoms with Gasteiger partial charge in [-0.1, -0.05) is 158 Å². The van der Waals surface area contributed by atoms with Crippen LogP contribution in [-0.2, 0) is 73.8 Å². The number of benzene rings is 6. The molecule has 3 aliphatic rings. The van der Waals surface area contributed by atoms with Gasteiger partial charge in [-0.3, -0.25) is 33.8 Å². The van der Waals surface area contributed by atoms with Crippen molar-refractivity contribution in [3.63, 3.8) is 0 Å². The number of esters is 1. The zero-order valence-electron chi connectivity index (χ0n) is 53.5. The summed E-state index contributed by atoms with van der Waals surface area (Å²) in [5, 5.41) is 38.8. The largest absolute Gasteiger partial charge is 0.508 e. The summed E-state index contributed by atoms with van der Waals surface area (Å²) in [4.78, 5) is 90.3. The van der Waals surface area contributed by atoms with Crippen LogP contribution < -0.4 is 0 Å². The topological polar surface area (TPSA) is 294 Å². The smallest absolute Gasteiger partial charge is 0.480 e. The predicted molar refractivity (Wildman–Crippen MR) is 342 cm³/mol. The maximum Gasteiger partial charge on any atom is 0.508 e. The van der Waals surface area contributed by atoms with Gasteiger partial charge in [0.2, 0.25) is 35.4 Å². The molecule has 23 heteroatoms. The Balaban J connectivity index is 0.000000211. The maximum absolute atomic E-state index is 15.0. The molecule has 0 amide bonds. The summed E-state index contributed by atoms with van der Waals surface area (Å²) in [6, 6.07) is 44.8. The highest BCUT2D eigenvalue weighted by atomic mass is 19.1. The Bertz CT molecular complexity index is 4070. The van der Waals surface area contributed by atoms with Crippen LogP contribution in [0.3, 0.4) is 0 Å². The normalized spacial score (nSPS) is 19.1. The Kier molecular flexibility index (Phi) is 20.5. The standard InChI is InChI=1S/C40H34FN3O8.C32H39N3O8/c1-25-20-44(33(35(45)34-23-49-24-51-34)19-40(25,38(46)47)39(48)50-22-27-8-4-2-5-9-27)21-26-12-14-29(15-13-26)36-42-37(52-43-36)30-16-17-31(32(41)18-30)28-10-6-3-7-11-28;1-19(2)17-21-7-13-24(14-8-21)26-33-25(34-43-26)23-11-9-22(10-12-23)18-35-16-15-32(28(36)37,29(38)39)27(31(35,5)6)42-30(40)41-20(3)4/h2-18,23,25,33H,19-22,24H2,1H3,(H,46,47);7-14,19-20,27H,15-18H2,1-6H3,(H,36,37)(H,38,39). The van der Waals surface area contributed by atoms with Gasteiger partial charge in [-0.25, -0.2) is 9.18 Å². The van der Waals surface area contributed by atoms with E-state index in [-0.39, 0.29) is 57.5 Å². The molecule has 6 aromatic carbocycles. The van der Waals surface area contributed by atoms with Gasteiger partial charge in [-0.15, -0.1) is 0 Å². The SMILES string of the molecule is CC(C)Cc1ccc(-c2nc(-c3ccc(CN4CCC(C(=O)O)(C(=O)O)C(OC(=O)OC(C)C)C4(C)C)cc3)no2)cc1.CC1CN(Cc2ccc(-c3noc(-c4ccc(-c5ccccc5)c(F)c4)n3)cc2)C(C(=O)C2=COCO2)CC1(C(=O)O)C(=O)OCc1ccccc1. The van der Waals surface area contributed by atoms with E-state index in [0.29, 0.717) is 52.3 Å². The third kappa shape index (κ3) is 14.9. The molecule has 0 aliphatic carbocycles. The monoisotopic (exact) mass is 1300 g/mol. The lowest BCUT2D eigenvalue weighted by atomic mass is 9.67. The number of rotatable bonds is 21. The van der Waals surface area contributed by atoms with E-state index >= 15 is 4.39 Å². The average molecular weight is 1300 g/mol. The number of nitrogens with zero attached hydrogens (tertiary/aromatic N) is 6. The van der Waals surface area contributed by atoms with Gasteiger partial charge in [0.05, 0.1) is 17.7 Å². The fourth-order valence-corrected chi connectivity index (χ4v) is 12.3. The third-order valence-electron chi connectivity index (χ3n) is 17.5. The number of hydrogen-bond acceptors (Lipinski definition) is 19. The summed E-state index contributed by atoms with van der Waals surface area (Å²) in [5.74, 6) is -5.14. The first-order chi connectivity index (χ1) is 45.5. The number of carboxylic acid groups (broad SMARTS) is 3. The molecule has 0 bridgehead atoms. The van der Waals surface area contributed by atoms with Crippen LogP contribution in [-0.4, -0.2) is 125 Å². The van der Waals surface area contributed by atoms with Crippen molar-refractivity contribution in [1.82, 2.24) is 30.1 Å². The van der Waals surface area contributed by atoms with Crippen LogP contribution in [0.2, 0.25) is 0 Å². The number of carboxylic acids is 3. The Morgan fingerprint density at radius 3 is 1.75 bits per heavy atom. The Hall–Kier alpha value is -10.4. The highest BCUT2D eigenvalue weighted by Crippen LogP contribution is 2.46. The highest BCUT2D eigenvalue weighted by molar-refractivity contribution is 6.03. The van der Waals surface area contributed by atoms with Crippen molar-refractivity contribution in [2.24, 2.45) is 22.7 Å². The molecule has 2 aromatic heterocycles. The fraction of sp³-hybridized carbons (Fsp3) is 0.333. The average Bonchev–Trinajstić information content (AvgIpc) is 1.37. The number of Topliss-reactive ketones (excluding diaryl/α,β-unsaturated/α-hetero) is 1. The third-order valence-corrected chi connectivity index (χ3v) is 17.5. The van der Waals surface area contributed by atoms with Crippen molar-refractivity contribution in [3.05, 3.63) is 192 Å². The zero-order chi connectivity index (χ0) is 67.8. The quantitative estimate of drug-likeness (QED) is 0.0445. The minimum Gasteiger partial charge on any atom is -0.480 e. The molecule has 0 radical (unpaired) electrons. The van der Waals surface area contributed by atoms with Gasteiger partial charge in [0, 0.05) is 54.0 Å². The first-order valence-electron chi connectivity index (χ1n) is 31.0. The first kappa shape index (κ1) is 67.5. The minimum atomic E-state index is -2.33. The van der Waals surface area contributed by atoms with Crippen molar-refractivity contribution < 1.29 is 81.2 Å². The van der Waals surface area contributed by atoms with Gasteiger partial charge in [0.1, 0.15) is 18.7 Å². The summed E-state index contributed by atoms with van der Waals surface area (Å²) in [6.45, 7) is 13.2. The van der Waals surface area contributed by atoms with E-state index in [1.54, 1.807) is 83.1 Å². The summed E-state index contributed by atoms with van der Waals surface area (Å²) >= 11 is 0. The molecular weight excluding hydrogens is 1220 g/mol. The molecule has 4 atom stereocenters. The second-order valence-electron chi connectivity index (χ2n) is 25.1. The van der Waals surface area contributed by atoms with Crippen LogP contribution in [0.15, 0.2) is 173 Å². The molecule has 22 nitrogen and oxygen atoms in total. The van der Waals surface area contributed by atoms with E-state index in [4.69, 9.17) is 32.7 Å². The highest BCUT2D eigenvalue weighted by Gasteiger charge is 2.65. The van der Waals surface area contributed by atoms with Gasteiger partial charge >= 0.3 is 30.0 Å². The number of carbonyl (C=O) groups is 6. The number of piperidine rings is 2. The summed E-state index contributed by atoms with van der Waals surface area (Å²) in [7, 11) is 0. The van der Waals surface area contributed by atoms with Crippen LogP contribution in [0.1, 0.15) is 83.6 Å². The second kappa shape index (κ2) is 28.9. The summed E-state index contributed by atoms with van der Waals surface area (Å²) in [6.07, 6.45) is -1.55. The minimum absolute atomic E-state index is 0.0423. The Morgan fingerprint density at radius 1 is 0.653 bits per heavy atom. The molecule has 8 aromatic rings. The fourth-order valence-electron chi connectivity index (χ4n) is 12.3. The number of likely N-dealkylation sites (tertiary alicyclic amines) is 2. The molecule has 494 valence electrons. The molecule has 5 heterocycles. The molecule has 3 N–H and O–H groups in total. The van der Waals surface area contributed by atoms with Crippen LogP contribution in [0.5, 0.6) is 0 Å². The van der Waals surface area contributed by atoms with Gasteiger partial charge in [-0.2, -0.15) is 9.97 Å². The number of ketones is 1. The molecule has 95 heavy (non-hydrogen) atoms. The van der Waals surface area contributed by atoms with Gasteiger partial charge in [0.15, 0.2) is 11.5 Å². The number of aromatic nitrogens is 4. The van der Waals surface area contributed by atoms with Crippen molar-refractivity contribution in [2.75, 3.05) is 19.9 Å². The van der Waals surface area contributed by atoms with Crippen molar-refractivity contribution in [3.8, 4) is 56.8 Å². The van der Waals surface area contributed by atoms with E-state index in [1.807, 2.05) is 94.7 Å².